The molecule has 1 aromatic rings. The molecule has 11 nitrogen and oxygen atoms in total. The maximum atomic E-state index is 13.6. The third kappa shape index (κ3) is 2.90. The van der Waals surface area contributed by atoms with Gasteiger partial charge in [-0.3, -0.25) is 19.8 Å². The van der Waals surface area contributed by atoms with E-state index < -0.39 is 45.4 Å². The van der Waals surface area contributed by atoms with E-state index in [0.717, 1.165) is 7.11 Å². The van der Waals surface area contributed by atoms with Crippen molar-refractivity contribution in [2.75, 3.05) is 39.3 Å². The molecule has 1 spiro atoms. The third-order valence-corrected chi connectivity index (χ3v) is 9.24. The normalized spacial score (nSPS) is 35.4. The lowest BCUT2D eigenvalue weighted by molar-refractivity contribution is -0.385. The number of carbonyl (C=O) groups excluding carboxylic acids is 2. The van der Waals surface area contributed by atoms with Crippen molar-refractivity contribution in [3.05, 3.63) is 38.9 Å². The number of aliphatic hydroxyl groups is 1. The van der Waals surface area contributed by atoms with E-state index >= 15 is 0 Å². The number of hydrogen-bond acceptors (Lipinski definition) is 10. The van der Waals surface area contributed by atoms with Gasteiger partial charge in [0, 0.05) is 37.4 Å². The first-order valence-corrected chi connectivity index (χ1v) is 12.5. The number of likely N-dealkylation sites (N-methyl/N-ethyl adjacent to an activating group) is 1. The standard InChI is InChI=1S/C25H30ClN3O8/c1-6-23-8-7-10-28-11-9-24(19(23)28)14-12-15(26)18(35-4)17(29(33)34)16(14)27(3)20(24)25(32,22(31)36-5)21(23)37-13(2)30/h7-8,12,19-21,32H,6,9-11H2,1-5H3/t19-,20+,21+,23+,24+,25-/m0/s1. The van der Waals surface area contributed by atoms with Crippen molar-refractivity contribution in [1.82, 2.24) is 4.90 Å². The maximum absolute atomic E-state index is 13.6. The van der Waals surface area contributed by atoms with Crippen LogP contribution in [0.25, 0.3) is 0 Å². The first kappa shape index (κ1) is 25.7. The topological polar surface area (TPSA) is 132 Å². The predicted molar refractivity (Wildman–Crippen MR) is 133 cm³/mol. The van der Waals surface area contributed by atoms with Crippen LogP contribution in [-0.2, 0) is 24.5 Å². The predicted octanol–water partition coefficient (Wildman–Crippen LogP) is 2.20. The Morgan fingerprint density at radius 1 is 1.32 bits per heavy atom. The molecule has 1 aliphatic carbocycles. The summed E-state index contributed by atoms with van der Waals surface area (Å²) < 4.78 is 16.3. The fourth-order valence-electron chi connectivity index (χ4n) is 8.03. The van der Waals surface area contributed by atoms with Crippen LogP contribution in [0.1, 0.15) is 32.3 Å². The minimum Gasteiger partial charge on any atom is -0.489 e. The molecule has 0 bridgehead atoms. The number of halogens is 1. The van der Waals surface area contributed by atoms with Gasteiger partial charge in [-0.1, -0.05) is 30.7 Å². The fraction of sp³-hybridized carbons (Fsp3) is 0.600. The van der Waals surface area contributed by atoms with Crippen LogP contribution in [0.15, 0.2) is 18.2 Å². The van der Waals surface area contributed by atoms with Crippen molar-refractivity contribution in [2.24, 2.45) is 5.41 Å². The Balaban J connectivity index is 1.94. The largest absolute Gasteiger partial charge is 0.489 e. The number of nitrogens with zero attached hydrogens (tertiary/aromatic N) is 3. The van der Waals surface area contributed by atoms with Gasteiger partial charge in [0.15, 0.2) is 6.10 Å². The number of hydrogen-bond donors (Lipinski definition) is 1. The number of carbonyl (C=O) groups is 2. The Hall–Kier alpha value is -2.89. The molecular weight excluding hydrogens is 506 g/mol. The summed E-state index contributed by atoms with van der Waals surface area (Å²) in [6, 6.07) is 0.239. The summed E-state index contributed by atoms with van der Waals surface area (Å²) in [7, 11) is 4.05. The van der Waals surface area contributed by atoms with Crippen molar-refractivity contribution >= 4 is 34.9 Å². The van der Waals surface area contributed by atoms with E-state index in [-0.39, 0.29) is 28.2 Å². The highest BCUT2D eigenvalue weighted by Gasteiger charge is 2.80. The van der Waals surface area contributed by atoms with Crippen LogP contribution in [0.4, 0.5) is 11.4 Å². The number of fused-ring (bicyclic) bond motifs is 1. The summed E-state index contributed by atoms with van der Waals surface area (Å²) >= 11 is 6.57. The van der Waals surface area contributed by atoms with E-state index in [1.54, 1.807) is 18.0 Å². The van der Waals surface area contributed by atoms with Crippen molar-refractivity contribution in [1.29, 1.82) is 0 Å². The van der Waals surface area contributed by atoms with E-state index in [2.05, 4.69) is 4.90 Å². The molecule has 1 saturated carbocycles. The Morgan fingerprint density at radius 2 is 2.03 bits per heavy atom. The quantitative estimate of drug-likeness (QED) is 0.259. The molecule has 3 heterocycles. The highest BCUT2D eigenvalue weighted by molar-refractivity contribution is 6.33. The second-order valence-corrected chi connectivity index (χ2v) is 10.7. The lowest BCUT2D eigenvalue weighted by Gasteiger charge is -2.63. The minimum absolute atomic E-state index is 0.0620. The molecule has 1 aromatic carbocycles. The van der Waals surface area contributed by atoms with Crippen LogP contribution < -0.4 is 9.64 Å². The van der Waals surface area contributed by atoms with Gasteiger partial charge in [0.25, 0.3) is 0 Å². The van der Waals surface area contributed by atoms with E-state index in [4.69, 9.17) is 25.8 Å². The fourth-order valence-corrected chi connectivity index (χ4v) is 8.30. The molecule has 12 heteroatoms. The zero-order valence-electron chi connectivity index (χ0n) is 21.3. The molecule has 2 fully saturated rings. The third-order valence-electron chi connectivity index (χ3n) is 8.95. The van der Waals surface area contributed by atoms with Crippen LogP contribution >= 0.6 is 11.6 Å². The van der Waals surface area contributed by atoms with Crippen molar-refractivity contribution in [3.8, 4) is 5.75 Å². The molecule has 37 heavy (non-hydrogen) atoms. The van der Waals surface area contributed by atoms with Crippen molar-refractivity contribution in [2.45, 2.75) is 55.9 Å². The molecule has 0 unspecified atom stereocenters. The number of nitro groups is 1. The Bertz CT molecular complexity index is 1240. The molecule has 0 radical (unpaired) electrons. The highest BCUT2D eigenvalue weighted by atomic mass is 35.5. The van der Waals surface area contributed by atoms with Gasteiger partial charge in [-0.2, -0.15) is 0 Å². The van der Waals surface area contributed by atoms with Crippen molar-refractivity contribution < 1.29 is 33.8 Å². The summed E-state index contributed by atoms with van der Waals surface area (Å²) in [5, 5.41) is 25.0. The molecule has 5 rings (SSSR count). The maximum Gasteiger partial charge on any atom is 0.344 e. The smallest absolute Gasteiger partial charge is 0.344 e. The van der Waals surface area contributed by atoms with Gasteiger partial charge in [-0.25, -0.2) is 4.79 Å². The van der Waals surface area contributed by atoms with Gasteiger partial charge < -0.3 is 24.2 Å². The first-order valence-electron chi connectivity index (χ1n) is 12.1. The van der Waals surface area contributed by atoms with E-state index in [1.165, 1.54) is 14.0 Å². The number of anilines is 1. The average molecular weight is 536 g/mol. The summed E-state index contributed by atoms with van der Waals surface area (Å²) in [5.41, 5.74) is -3.93. The molecular formula is C25H30ClN3O8. The van der Waals surface area contributed by atoms with Gasteiger partial charge in [0.1, 0.15) is 5.69 Å². The molecule has 200 valence electrons. The summed E-state index contributed by atoms with van der Waals surface area (Å²) in [5.74, 6) is -1.75. The first-order chi connectivity index (χ1) is 17.5. The number of benzene rings is 1. The monoisotopic (exact) mass is 535 g/mol. The second kappa shape index (κ2) is 8.31. The Kier molecular flexibility index (Phi) is 5.78. The van der Waals surface area contributed by atoms with Crippen LogP contribution in [0.3, 0.4) is 0 Å². The molecule has 1 N–H and O–H groups in total. The van der Waals surface area contributed by atoms with Gasteiger partial charge in [-0.15, -0.1) is 0 Å². The SMILES string of the molecule is CC[C@]12C=CCN3CC[C@@]4(c5cc(Cl)c(OC)c([N+](=O)[O-])c5N(C)[C@H]4[C@@](O)(C(=O)OC)[C@@H]1OC(C)=O)[C@@H]32. The lowest BCUT2D eigenvalue weighted by atomic mass is 9.47. The van der Waals surface area contributed by atoms with Gasteiger partial charge in [0.2, 0.25) is 11.4 Å². The summed E-state index contributed by atoms with van der Waals surface area (Å²) in [6.07, 6.45) is 3.46. The number of esters is 2. The average Bonchev–Trinajstić information content (AvgIpc) is 3.36. The molecule has 1 saturated heterocycles. The Labute approximate surface area is 219 Å². The molecule has 3 aliphatic heterocycles. The lowest BCUT2D eigenvalue weighted by Crippen LogP contribution is -2.81. The van der Waals surface area contributed by atoms with E-state index in [0.29, 0.717) is 31.5 Å². The molecule has 0 aromatic heterocycles. The van der Waals surface area contributed by atoms with Crippen LogP contribution in [-0.4, -0.2) is 85.0 Å². The molecule has 4 aliphatic rings. The number of rotatable bonds is 5. The highest BCUT2D eigenvalue weighted by Crippen LogP contribution is 2.69. The van der Waals surface area contributed by atoms with Crippen molar-refractivity contribution in [3.63, 3.8) is 0 Å². The Morgan fingerprint density at radius 3 is 2.59 bits per heavy atom. The van der Waals surface area contributed by atoms with E-state index in [1.807, 2.05) is 19.1 Å². The van der Waals surface area contributed by atoms with Crippen LogP contribution in [0, 0.1) is 15.5 Å². The number of ether oxygens (including phenoxy) is 3. The number of methoxy groups -OCH3 is 2. The second-order valence-electron chi connectivity index (χ2n) is 10.3. The van der Waals surface area contributed by atoms with Crippen LogP contribution in [0.5, 0.6) is 5.75 Å². The van der Waals surface area contributed by atoms with E-state index in [9.17, 15) is 24.8 Å². The number of nitro benzene ring substituents is 1. The van der Waals surface area contributed by atoms with Gasteiger partial charge in [-0.05, 0) is 31.0 Å². The summed E-state index contributed by atoms with van der Waals surface area (Å²) in [4.78, 5) is 41.7. The van der Waals surface area contributed by atoms with Gasteiger partial charge in [0.05, 0.1) is 30.2 Å². The van der Waals surface area contributed by atoms with Gasteiger partial charge >= 0.3 is 17.6 Å². The zero-order valence-corrected chi connectivity index (χ0v) is 22.1. The molecule has 0 amide bonds. The summed E-state index contributed by atoms with van der Waals surface area (Å²) in [6.45, 7) is 4.35. The minimum atomic E-state index is -2.37. The molecule has 6 atom stereocenters. The zero-order chi connectivity index (χ0) is 27.1. The van der Waals surface area contributed by atoms with Crippen LogP contribution in [0.2, 0.25) is 5.02 Å².